The molecule has 1 aromatic heterocycles. The van der Waals surface area contributed by atoms with E-state index >= 15 is 0 Å². The summed E-state index contributed by atoms with van der Waals surface area (Å²) < 4.78 is 0. The maximum atomic E-state index is 13.0. The highest BCUT2D eigenvalue weighted by molar-refractivity contribution is 6.00. The largest absolute Gasteiger partial charge is 0.339 e. The fraction of sp³-hybridized carbons (Fsp3) is 0.541. The molecule has 7 heteroatoms. The number of piperazine rings is 1. The number of piperidine rings is 1. The number of pyridine rings is 1. The molecule has 3 fully saturated rings. The number of likely N-dealkylation sites (tertiary alicyclic amines) is 1. The van der Waals surface area contributed by atoms with Crippen LogP contribution in [-0.2, 0) is 11.3 Å². The summed E-state index contributed by atoms with van der Waals surface area (Å²) in [4.78, 5) is 36.8. The molecule has 3 heterocycles. The molecule has 1 saturated carbocycles. The molecule has 1 atom stereocenters. The summed E-state index contributed by atoms with van der Waals surface area (Å²) in [6.07, 6.45) is 12.1. The number of nitrogens with zero attached hydrogens (tertiary/aromatic N) is 4. The van der Waals surface area contributed by atoms with Crippen molar-refractivity contribution in [3.63, 3.8) is 0 Å². The van der Waals surface area contributed by atoms with Gasteiger partial charge in [-0.25, -0.2) is 4.98 Å². The van der Waals surface area contributed by atoms with Gasteiger partial charge in [0, 0.05) is 60.8 Å². The van der Waals surface area contributed by atoms with Crippen LogP contribution in [0.5, 0.6) is 0 Å². The Hall–Kier alpha value is -3.13. The first kappa shape index (κ1) is 32.3. The van der Waals surface area contributed by atoms with Gasteiger partial charge in [0.15, 0.2) is 6.29 Å². The smallest absolute Gasteiger partial charge is 0.236 e. The highest BCUT2D eigenvalue weighted by atomic mass is 16.2. The van der Waals surface area contributed by atoms with Gasteiger partial charge in [0.2, 0.25) is 5.91 Å². The fourth-order valence-electron chi connectivity index (χ4n) is 7.07. The van der Waals surface area contributed by atoms with Gasteiger partial charge in [0.05, 0.1) is 17.8 Å². The van der Waals surface area contributed by atoms with Crippen molar-refractivity contribution < 1.29 is 9.59 Å². The number of nitrogens with one attached hydrogen (secondary N) is 1. The van der Waals surface area contributed by atoms with E-state index in [9.17, 15) is 9.59 Å². The zero-order valence-electron chi connectivity index (χ0n) is 26.8. The van der Waals surface area contributed by atoms with Crippen LogP contribution in [0.4, 0.5) is 0 Å². The lowest BCUT2D eigenvalue weighted by Crippen LogP contribution is -2.52. The molecule has 3 aromatic rings. The lowest BCUT2D eigenvalue weighted by molar-refractivity contribution is -0.136. The van der Waals surface area contributed by atoms with Crippen LogP contribution in [0.3, 0.4) is 0 Å². The highest BCUT2D eigenvalue weighted by Gasteiger charge is 2.27. The first-order chi connectivity index (χ1) is 21.6. The fourth-order valence-corrected chi connectivity index (χ4v) is 7.07. The van der Waals surface area contributed by atoms with Gasteiger partial charge in [-0.1, -0.05) is 74.2 Å². The zero-order chi connectivity index (χ0) is 30.7. The number of para-hydroxylation sites is 1. The number of carbonyl (C=O) groups is 2. The quantitative estimate of drug-likeness (QED) is 0.305. The Balaban J connectivity index is 0.000000328. The van der Waals surface area contributed by atoms with Crippen LogP contribution in [0, 0.1) is 5.92 Å². The number of benzene rings is 2. The summed E-state index contributed by atoms with van der Waals surface area (Å²) in [6.45, 7) is 8.81. The normalized spacial score (nSPS) is 19.4. The van der Waals surface area contributed by atoms with E-state index in [0.717, 1.165) is 85.2 Å². The Kier molecular flexibility index (Phi) is 11.9. The summed E-state index contributed by atoms with van der Waals surface area (Å²) >= 11 is 0. The number of fused-ring (bicyclic) bond motifs is 1. The number of aldehydes is 1. The maximum Gasteiger partial charge on any atom is 0.236 e. The highest BCUT2D eigenvalue weighted by Crippen LogP contribution is 2.31. The minimum absolute atomic E-state index is 0.172. The average molecular weight is 598 g/mol. The Morgan fingerprint density at radius 3 is 2.27 bits per heavy atom. The standard InChI is InChI=1S/C28H32N4O2.C9H19N/c33-21-25-23-11-5-6-12-26(23)29-28(22-9-3-1-4-10-22)24(25)19-31-16-18-32(27(34)20-31)17-15-30-13-7-2-8-14-30;1-8(10-2)9-6-4-3-5-7-9/h1,3-6,9-12,21H,2,7-8,13-20H2;8-10H,3-7H2,1-2H3/t;8-/m.0/s1. The molecule has 6 rings (SSSR count). The zero-order valence-corrected chi connectivity index (χ0v) is 26.8. The van der Waals surface area contributed by atoms with Crippen molar-refractivity contribution in [1.29, 1.82) is 0 Å². The molecule has 1 N–H and O–H groups in total. The van der Waals surface area contributed by atoms with Gasteiger partial charge in [0.1, 0.15) is 0 Å². The first-order valence-corrected chi connectivity index (χ1v) is 16.9. The van der Waals surface area contributed by atoms with Gasteiger partial charge < -0.3 is 15.1 Å². The van der Waals surface area contributed by atoms with Gasteiger partial charge in [0.25, 0.3) is 0 Å². The molecule has 2 aromatic carbocycles. The molecule has 0 bridgehead atoms. The summed E-state index contributed by atoms with van der Waals surface area (Å²) in [5.74, 6) is 1.13. The van der Waals surface area contributed by atoms with Crippen molar-refractivity contribution in [3.8, 4) is 11.3 Å². The van der Waals surface area contributed by atoms with Crippen molar-refractivity contribution in [1.82, 2.24) is 25.0 Å². The molecule has 236 valence electrons. The predicted octanol–water partition coefficient (Wildman–Crippen LogP) is 6.02. The van der Waals surface area contributed by atoms with Crippen molar-refractivity contribution >= 4 is 23.1 Å². The molecule has 0 radical (unpaired) electrons. The van der Waals surface area contributed by atoms with E-state index in [2.05, 4.69) is 29.1 Å². The monoisotopic (exact) mass is 597 g/mol. The van der Waals surface area contributed by atoms with E-state index < -0.39 is 0 Å². The van der Waals surface area contributed by atoms with Crippen molar-refractivity contribution in [2.24, 2.45) is 5.92 Å². The van der Waals surface area contributed by atoms with E-state index in [1.165, 1.54) is 51.4 Å². The summed E-state index contributed by atoms with van der Waals surface area (Å²) in [5, 5.41) is 4.19. The van der Waals surface area contributed by atoms with Crippen LogP contribution in [0.1, 0.15) is 74.2 Å². The van der Waals surface area contributed by atoms with Crippen LogP contribution in [0.25, 0.3) is 22.2 Å². The molecular formula is C37H51N5O2. The van der Waals surface area contributed by atoms with Crippen molar-refractivity contribution in [2.45, 2.75) is 70.9 Å². The summed E-state index contributed by atoms with van der Waals surface area (Å²) in [6, 6.07) is 18.5. The number of hydrogen-bond donors (Lipinski definition) is 1. The third-order valence-electron chi connectivity index (χ3n) is 9.93. The van der Waals surface area contributed by atoms with E-state index in [4.69, 9.17) is 4.98 Å². The number of hydrogen-bond acceptors (Lipinski definition) is 6. The number of rotatable bonds is 9. The van der Waals surface area contributed by atoms with E-state index in [-0.39, 0.29) is 5.91 Å². The molecular weight excluding hydrogens is 546 g/mol. The topological polar surface area (TPSA) is 68.8 Å². The second-order valence-corrected chi connectivity index (χ2v) is 12.8. The van der Waals surface area contributed by atoms with Crippen molar-refractivity contribution in [2.75, 3.05) is 52.9 Å². The van der Waals surface area contributed by atoms with Gasteiger partial charge in [-0.05, 0) is 64.7 Å². The molecule has 0 spiro atoms. The molecule has 1 amide bonds. The minimum Gasteiger partial charge on any atom is -0.339 e. The van der Waals surface area contributed by atoms with Crippen LogP contribution in [0.15, 0.2) is 54.6 Å². The number of amides is 1. The van der Waals surface area contributed by atoms with Crippen LogP contribution >= 0.6 is 0 Å². The maximum absolute atomic E-state index is 13.0. The van der Waals surface area contributed by atoms with Crippen LogP contribution in [0.2, 0.25) is 0 Å². The molecule has 44 heavy (non-hydrogen) atoms. The third-order valence-corrected chi connectivity index (χ3v) is 9.93. The molecule has 2 aliphatic heterocycles. The molecule has 0 unspecified atom stereocenters. The molecule has 1 aliphatic carbocycles. The molecule has 2 saturated heterocycles. The SMILES string of the molecule is CN[C@@H](C)C1CCCCC1.O=Cc1c(CN2CCN(CCN3CCCCC3)C(=O)C2)c(-c2ccccc2)nc2ccccc12. The van der Waals surface area contributed by atoms with Gasteiger partial charge in [-0.3, -0.25) is 14.5 Å². The lowest BCUT2D eigenvalue weighted by Gasteiger charge is -2.36. The van der Waals surface area contributed by atoms with Gasteiger partial charge in [-0.15, -0.1) is 0 Å². The van der Waals surface area contributed by atoms with E-state index in [1.807, 2.05) is 59.5 Å². The van der Waals surface area contributed by atoms with Gasteiger partial charge in [-0.2, -0.15) is 0 Å². The minimum atomic E-state index is 0.172. The molecule has 3 aliphatic rings. The van der Waals surface area contributed by atoms with Crippen LogP contribution in [-0.4, -0.2) is 90.8 Å². The van der Waals surface area contributed by atoms with Crippen molar-refractivity contribution in [3.05, 3.63) is 65.7 Å². The van der Waals surface area contributed by atoms with Gasteiger partial charge >= 0.3 is 0 Å². The Bertz CT molecular complexity index is 1350. The summed E-state index contributed by atoms with van der Waals surface area (Å²) in [5.41, 5.74) is 4.18. The number of aromatic nitrogens is 1. The molecule has 7 nitrogen and oxygen atoms in total. The lowest BCUT2D eigenvalue weighted by atomic mass is 9.85. The Morgan fingerprint density at radius 2 is 1.57 bits per heavy atom. The van der Waals surface area contributed by atoms with Crippen LogP contribution < -0.4 is 5.32 Å². The average Bonchev–Trinajstić information content (AvgIpc) is 3.08. The first-order valence-electron chi connectivity index (χ1n) is 16.9. The summed E-state index contributed by atoms with van der Waals surface area (Å²) in [7, 11) is 2.07. The van der Waals surface area contributed by atoms with E-state index in [0.29, 0.717) is 18.7 Å². The predicted molar refractivity (Wildman–Crippen MR) is 180 cm³/mol. The Labute approximate surface area is 264 Å². The third kappa shape index (κ3) is 8.32. The second-order valence-electron chi connectivity index (χ2n) is 12.8. The Morgan fingerprint density at radius 1 is 0.864 bits per heavy atom. The van der Waals surface area contributed by atoms with E-state index in [1.54, 1.807) is 0 Å². The number of carbonyl (C=O) groups excluding carboxylic acids is 2. The second kappa shape index (κ2) is 16.3.